The van der Waals surface area contributed by atoms with Gasteiger partial charge in [0.25, 0.3) is 0 Å². The lowest BCUT2D eigenvalue weighted by atomic mass is 10.0. The quantitative estimate of drug-likeness (QED) is 0.687. The average Bonchev–Trinajstić information content (AvgIpc) is 3.35. The van der Waals surface area contributed by atoms with E-state index in [1.807, 2.05) is 13.0 Å². The van der Waals surface area contributed by atoms with Gasteiger partial charge in [-0.25, -0.2) is 4.79 Å². The smallest absolute Gasteiger partial charge is 0.407 e. The number of hydrogen-bond donors (Lipinski definition) is 3. The molecule has 2 heterocycles. The molecule has 0 spiro atoms. The topological polar surface area (TPSA) is 109 Å². The van der Waals surface area contributed by atoms with E-state index in [-0.39, 0.29) is 24.0 Å². The molecule has 0 aromatic carbocycles. The number of anilines is 1. The summed E-state index contributed by atoms with van der Waals surface area (Å²) in [6.07, 6.45) is 4.94. The number of hydrogen-bond acceptors (Lipinski definition) is 6. The molecule has 2 atom stereocenters. The molecular weight excluding hydrogens is 354 g/mol. The lowest BCUT2D eigenvalue weighted by molar-refractivity contribution is -0.115. The highest BCUT2D eigenvalue weighted by molar-refractivity contribution is 7.09. The molecule has 1 aliphatic rings. The van der Waals surface area contributed by atoms with E-state index in [4.69, 9.17) is 4.74 Å². The Kier molecular flexibility index (Phi) is 6.21. The number of aromatic amines is 1. The average molecular weight is 377 g/mol. The van der Waals surface area contributed by atoms with Crippen LogP contribution in [0.1, 0.15) is 49.1 Å². The number of aromatic nitrogens is 3. The number of carbonyl (C=O) groups excluding carboxylic acids is 2. The van der Waals surface area contributed by atoms with E-state index in [1.165, 1.54) is 11.3 Å². The van der Waals surface area contributed by atoms with Crippen LogP contribution in [0.25, 0.3) is 0 Å². The highest BCUT2D eigenvalue weighted by Gasteiger charge is 2.29. The van der Waals surface area contributed by atoms with E-state index >= 15 is 0 Å². The summed E-state index contributed by atoms with van der Waals surface area (Å²) >= 11 is 1.45. The number of H-pyrrole nitrogens is 1. The van der Waals surface area contributed by atoms with Gasteiger partial charge in [-0.1, -0.05) is 6.92 Å². The van der Waals surface area contributed by atoms with Crippen molar-refractivity contribution in [2.24, 2.45) is 0 Å². The molecule has 0 aliphatic heterocycles. The first kappa shape index (κ1) is 18.4. The van der Waals surface area contributed by atoms with Gasteiger partial charge in [-0.05, 0) is 25.7 Å². The van der Waals surface area contributed by atoms with Crippen molar-refractivity contribution in [2.45, 2.75) is 51.0 Å². The predicted octanol–water partition coefficient (Wildman–Crippen LogP) is 2.82. The molecule has 26 heavy (non-hydrogen) atoms. The van der Waals surface area contributed by atoms with Crippen LogP contribution in [0.4, 0.5) is 10.6 Å². The largest absolute Gasteiger partial charge is 0.446 e. The van der Waals surface area contributed by atoms with Crippen LogP contribution in [0, 0.1) is 0 Å². The molecule has 3 rings (SSSR count). The molecule has 0 unspecified atom stereocenters. The molecule has 1 fully saturated rings. The van der Waals surface area contributed by atoms with Crippen LogP contribution < -0.4 is 10.6 Å². The van der Waals surface area contributed by atoms with Gasteiger partial charge in [0.1, 0.15) is 6.10 Å². The van der Waals surface area contributed by atoms with Crippen LogP contribution in [0.5, 0.6) is 0 Å². The van der Waals surface area contributed by atoms with Crippen LogP contribution in [0.3, 0.4) is 0 Å². The number of rotatable bonds is 7. The first-order valence-corrected chi connectivity index (χ1v) is 9.69. The van der Waals surface area contributed by atoms with Crippen LogP contribution in [-0.2, 0) is 16.0 Å². The lowest BCUT2D eigenvalue weighted by Crippen LogP contribution is -2.28. The van der Waals surface area contributed by atoms with E-state index in [0.717, 1.165) is 36.3 Å². The van der Waals surface area contributed by atoms with Gasteiger partial charge in [-0.3, -0.25) is 14.9 Å². The molecule has 0 saturated heterocycles. The maximum atomic E-state index is 12.0. The van der Waals surface area contributed by atoms with Crippen LogP contribution in [-0.4, -0.2) is 39.8 Å². The first-order valence-electron chi connectivity index (χ1n) is 8.81. The lowest BCUT2D eigenvalue weighted by Gasteiger charge is -2.12. The zero-order chi connectivity index (χ0) is 18.4. The molecule has 2 amide bonds. The second-order valence-corrected chi connectivity index (χ2v) is 7.34. The molecule has 2 aromatic heterocycles. The minimum Gasteiger partial charge on any atom is -0.446 e. The Hall–Kier alpha value is -2.42. The summed E-state index contributed by atoms with van der Waals surface area (Å²) in [6, 6.07) is 1.86. The van der Waals surface area contributed by atoms with Crippen molar-refractivity contribution in [3.05, 3.63) is 28.3 Å². The van der Waals surface area contributed by atoms with E-state index in [9.17, 15) is 9.59 Å². The number of thiazole rings is 1. The Balaban J connectivity index is 1.47. The van der Waals surface area contributed by atoms with Gasteiger partial charge in [0.2, 0.25) is 5.91 Å². The Labute approximate surface area is 155 Å². The standard InChI is InChI=1S/C17H23N5O3S/c1-2-5-19-17(24)25-12-4-3-11(6-12)14-8-15(22-21-14)20-16(23)7-13-9-18-10-26-13/h8-12H,2-7H2,1H3,(H,19,24)(H2,20,21,22,23)/t11-,12+/m1/s1. The Morgan fingerprint density at radius 2 is 2.31 bits per heavy atom. The third-order valence-electron chi connectivity index (χ3n) is 4.30. The highest BCUT2D eigenvalue weighted by Crippen LogP contribution is 2.35. The Morgan fingerprint density at radius 3 is 3.08 bits per heavy atom. The number of nitrogens with zero attached hydrogens (tertiary/aromatic N) is 2. The zero-order valence-electron chi connectivity index (χ0n) is 14.7. The van der Waals surface area contributed by atoms with Crippen LogP contribution >= 0.6 is 11.3 Å². The summed E-state index contributed by atoms with van der Waals surface area (Å²) in [6.45, 7) is 2.62. The minimum atomic E-state index is -0.349. The van der Waals surface area contributed by atoms with Gasteiger partial charge < -0.3 is 15.4 Å². The maximum Gasteiger partial charge on any atom is 0.407 e. The van der Waals surface area contributed by atoms with Gasteiger partial charge >= 0.3 is 6.09 Å². The molecule has 3 N–H and O–H groups in total. The number of amides is 2. The van der Waals surface area contributed by atoms with Gasteiger partial charge in [0.15, 0.2) is 5.82 Å². The van der Waals surface area contributed by atoms with Crippen LogP contribution in [0.2, 0.25) is 0 Å². The van der Waals surface area contributed by atoms with Crippen molar-refractivity contribution in [1.82, 2.24) is 20.5 Å². The minimum absolute atomic E-state index is 0.0791. The van der Waals surface area contributed by atoms with Crippen molar-refractivity contribution in [3.8, 4) is 0 Å². The Bertz CT molecular complexity index is 731. The number of ether oxygens (including phenoxy) is 1. The number of alkyl carbamates (subject to hydrolysis) is 1. The summed E-state index contributed by atoms with van der Waals surface area (Å²) in [5.74, 6) is 0.644. The summed E-state index contributed by atoms with van der Waals surface area (Å²) in [5.41, 5.74) is 2.66. The fourth-order valence-electron chi connectivity index (χ4n) is 3.03. The van der Waals surface area contributed by atoms with Crippen molar-refractivity contribution in [1.29, 1.82) is 0 Å². The molecule has 0 bridgehead atoms. The van der Waals surface area contributed by atoms with E-state index in [1.54, 1.807) is 11.7 Å². The summed E-state index contributed by atoms with van der Waals surface area (Å²) in [4.78, 5) is 28.5. The zero-order valence-corrected chi connectivity index (χ0v) is 15.5. The number of nitrogens with one attached hydrogen (secondary N) is 3. The van der Waals surface area contributed by atoms with Gasteiger partial charge in [0, 0.05) is 35.3 Å². The molecule has 9 heteroatoms. The Morgan fingerprint density at radius 1 is 1.42 bits per heavy atom. The SMILES string of the molecule is CCCNC(=O)O[C@H]1CC[C@@H](c2cc(NC(=O)Cc3cncs3)n[nH]2)C1. The van der Waals surface area contributed by atoms with Gasteiger partial charge in [-0.15, -0.1) is 11.3 Å². The summed E-state index contributed by atoms with van der Waals surface area (Å²) < 4.78 is 5.44. The molecule has 0 radical (unpaired) electrons. The van der Waals surface area contributed by atoms with E-state index < -0.39 is 0 Å². The fourth-order valence-corrected chi connectivity index (χ4v) is 3.63. The molecular formula is C17H23N5O3S. The predicted molar refractivity (Wildman–Crippen MR) is 98.2 cm³/mol. The highest BCUT2D eigenvalue weighted by atomic mass is 32.1. The monoisotopic (exact) mass is 377 g/mol. The van der Waals surface area contributed by atoms with Crippen molar-refractivity contribution in [2.75, 3.05) is 11.9 Å². The van der Waals surface area contributed by atoms with Gasteiger partial charge in [0.05, 0.1) is 11.9 Å². The van der Waals surface area contributed by atoms with E-state index in [2.05, 4.69) is 25.8 Å². The third-order valence-corrected chi connectivity index (χ3v) is 5.08. The second-order valence-electron chi connectivity index (χ2n) is 6.37. The molecule has 140 valence electrons. The molecule has 1 saturated carbocycles. The molecule has 2 aromatic rings. The summed E-state index contributed by atoms with van der Waals surface area (Å²) in [5, 5.41) is 12.7. The van der Waals surface area contributed by atoms with Crippen LogP contribution in [0.15, 0.2) is 17.8 Å². The molecule has 8 nitrogen and oxygen atoms in total. The van der Waals surface area contributed by atoms with Gasteiger partial charge in [-0.2, -0.15) is 5.10 Å². The van der Waals surface area contributed by atoms with Crippen molar-refractivity contribution >= 4 is 29.2 Å². The molecule has 1 aliphatic carbocycles. The summed E-state index contributed by atoms with van der Waals surface area (Å²) in [7, 11) is 0. The maximum absolute atomic E-state index is 12.0. The van der Waals surface area contributed by atoms with Crippen molar-refractivity contribution < 1.29 is 14.3 Å². The second kappa shape index (κ2) is 8.79. The van der Waals surface area contributed by atoms with E-state index in [0.29, 0.717) is 18.8 Å². The fraction of sp³-hybridized carbons (Fsp3) is 0.529. The third kappa shape index (κ3) is 5.04. The first-order chi connectivity index (χ1) is 12.6. The van der Waals surface area contributed by atoms with Crippen molar-refractivity contribution in [3.63, 3.8) is 0 Å². The number of carbonyl (C=O) groups is 2. The normalized spacial score (nSPS) is 19.3.